The fourth-order valence-electron chi connectivity index (χ4n) is 2.87. The van der Waals surface area contributed by atoms with Crippen LogP contribution < -0.4 is 5.32 Å². The molecule has 0 aliphatic carbocycles. The predicted molar refractivity (Wildman–Crippen MR) is 98.0 cm³/mol. The van der Waals surface area contributed by atoms with Crippen LogP contribution >= 0.6 is 0 Å². The molecule has 142 valence electrons. The van der Waals surface area contributed by atoms with Crippen LogP contribution in [0.5, 0.6) is 0 Å². The number of carbonyl (C=O) groups is 2. The molecule has 0 unspecified atom stereocenters. The van der Waals surface area contributed by atoms with Gasteiger partial charge in [-0.1, -0.05) is 23.4 Å². The summed E-state index contributed by atoms with van der Waals surface area (Å²) in [5.41, 5.74) is 2.42. The van der Waals surface area contributed by atoms with Gasteiger partial charge in [-0.25, -0.2) is 0 Å². The lowest BCUT2D eigenvalue weighted by molar-refractivity contribution is -0.148. The van der Waals surface area contributed by atoms with E-state index in [2.05, 4.69) is 10.5 Å². The highest BCUT2D eigenvalue weighted by atomic mass is 16.5. The fourth-order valence-corrected chi connectivity index (χ4v) is 2.87. The van der Waals surface area contributed by atoms with Crippen LogP contribution in [-0.4, -0.2) is 23.6 Å². The van der Waals surface area contributed by atoms with Crippen molar-refractivity contribution in [3.05, 3.63) is 53.1 Å². The van der Waals surface area contributed by atoms with Crippen LogP contribution in [0.1, 0.15) is 42.2 Å². The normalized spacial score (nSPS) is 12.1. The Bertz CT molecular complexity index is 904. The van der Waals surface area contributed by atoms with Gasteiger partial charge in [0.25, 0.3) is 5.91 Å². The van der Waals surface area contributed by atoms with Crippen molar-refractivity contribution in [3.8, 4) is 0 Å². The number of fused-ring (bicyclic) bond motifs is 1. The van der Waals surface area contributed by atoms with Crippen molar-refractivity contribution >= 4 is 22.8 Å². The zero-order valence-corrected chi connectivity index (χ0v) is 15.6. The van der Waals surface area contributed by atoms with E-state index in [-0.39, 0.29) is 25.0 Å². The first-order valence-corrected chi connectivity index (χ1v) is 8.79. The third-order valence-electron chi connectivity index (χ3n) is 4.37. The zero-order chi connectivity index (χ0) is 19.4. The second kappa shape index (κ2) is 8.07. The minimum atomic E-state index is -0.443. The molecular weight excluding hydrogens is 348 g/mol. The van der Waals surface area contributed by atoms with Crippen LogP contribution in [0.2, 0.25) is 0 Å². The maximum Gasteiger partial charge on any atom is 0.306 e. The second-order valence-electron chi connectivity index (χ2n) is 6.44. The van der Waals surface area contributed by atoms with Crippen LogP contribution in [0.15, 0.2) is 39.3 Å². The van der Waals surface area contributed by atoms with Gasteiger partial charge in [0, 0.05) is 17.4 Å². The highest BCUT2D eigenvalue weighted by Gasteiger charge is 2.16. The number of aryl methyl sites for hydroxylation is 2. The van der Waals surface area contributed by atoms with Gasteiger partial charge in [0.2, 0.25) is 0 Å². The number of ether oxygens (including phenoxy) is 1. The Balaban J connectivity index is 1.45. The largest absolute Gasteiger partial charge is 0.459 e. The zero-order valence-electron chi connectivity index (χ0n) is 15.6. The van der Waals surface area contributed by atoms with Crippen molar-refractivity contribution in [3.63, 3.8) is 0 Å². The molecular formula is C20H22N2O5. The minimum absolute atomic E-state index is 0.162. The summed E-state index contributed by atoms with van der Waals surface area (Å²) in [5, 5.41) is 7.58. The Morgan fingerprint density at radius 1 is 1.26 bits per heavy atom. The number of benzene rings is 1. The first kappa shape index (κ1) is 18.7. The molecule has 1 aromatic carbocycles. The van der Waals surface area contributed by atoms with Gasteiger partial charge in [0.15, 0.2) is 6.61 Å². The fraction of sp³-hybridized carbons (Fsp3) is 0.350. The summed E-state index contributed by atoms with van der Waals surface area (Å²) < 4.78 is 15.8. The topological polar surface area (TPSA) is 94.6 Å². The van der Waals surface area contributed by atoms with Gasteiger partial charge in [-0.2, -0.15) is 0 Å². The van der Waals surface area contributed by atoms with Crippen LogP contribution in [0, 0.1) is 13.8 Å². The molecule has 0 fully saturated rings. The van der Waals surface area contributed by atoms with E-state index in [9.17, 15) is 9.59 Å². The van der Waals surface area contributed by atoms with Crippen molar-refractivity contribution in [1.29, 1.82) is 0 Å². The van der Waals surface area contributed by atoms with Crippen molar-refractivity contribution in [2.45, 2.75) is 39.7 Å². The number of furan rings is 1. The average molecular weight is 370 g/mol. The quantitative estimate of drug-likeness (QED) is 0.641. The van der Waals surface area contributed by atoms with Gasteiger partial charge < -0.3 is 19.0 Å². The van der Waals surface area contributed by atoms with Crippen molar-refractivity contribution < 1.29 is 23.3 Å². The molecule has 0 aliphatic rings. The highest BCUT2D eigenvalue weighted by Crippen LogP contribution is 2.23. The number of esters is 1. The molecule has 0 bridgehead atoms. The standard InChI is InChI=1S/C20H22N2O5/c1-12-16(14(3)27-22-12)8-9-20(24)25-11-19(23)21-13(2)18-10-15-6-4-5-7-17(15)26-18/h4-7,10,13H,8-9,11H2,1-3H3,(H,21,23)/t13-/m1/s1. The molecule has 7 nitrogen and oxygen atoms in total. The summed E-state index contributed by atoms with van der Waals surface area (Å²) in [5.74, 6) is 0.516. The molecule has 7 heteroatoms. The molecule has 0 spiro atoms. The molecule has 3 rings (SSSR count). The maximum absolute atomic E-state index is 12.0. The van der Waals surface area contributed by atoms with Gasteiger partial charge in [-0.3, -0.25) is 9.59 Å². The summed E-state index contributed by atoms with van der Waals surface area (Å²) in [6, 6.07) is 9.18. The summed E-state index contributed by atoms with van der Waals surface area (Å²) in [6.45, 7) is 5.11. The van der Waals surface area contributed by atoms with Gasteiger partial charge >= 0.3 is 5.97 Å². The number of aromatic nitrogens is 1. The van der Waals surface area contributed by atoms with Crippen LogP contribution in [0.4, 0.5) is 0 Å². The molecule has 0 aliphatic heterocycles. The number of nitrogens with one attached hydrogen (secondary N) is 1. The SMILES string of the molecule is Cc1noc(C)c1CCC(=O)OCC(=O)N[C@H](C)c1cc2ccccc2o1. The van der Waals surface area contributed by atoms with Gasteiger partial charge in [-0.15, -0.1) is 0 Å². The van der Waals surface area contributed by atoms with Gasteiger partial charge in [0.1, 0.15) is 17.1 Å². The molecule has 0 saturated heterocycles. The Morgan fingerprint density at radius 2 is 2.04 bits per heavy atom. The van der Waals surface area contributed by atoms with Gasteiger partial charge in [-0.05, 0) is 39.3 Å². The lowest BCUT2D eigenvalue weighted by atomic mass is 10.1. The predicted octanol–water partition coefficient (Wildman–Crippen LogP) is 3.39. The molecule has 3 aromatic rings. The third-order valence-corrected chi connectivity index (χ3v) is 4.37. The first-order valence-electron chi connectivity index (χ1n) is 8.79. The Morgan fingerprint density at radius 3 is 2.74 bits per heavy atom. The van der Waals surface area contributed by atoms with Crippen molar-refractivity contribution in [1.82, 2.24) is 10.5 Å². The summed E-state index contributed by atoms with van der Waals surface area (Å²) in [6.07, 6.45) is 0.631. The molecule has 1 atom stereocenters. The van der Waals surface area contributed by atoms with E-state index in [4.69, 9.17) is 13.7 Å². The lowest BCUT2D eigenvalue weighted by Gasteiger charge is -2.11. The first-order chi connectivity index (χ1) is 12.9. The summed E-state index contributed by atoms with van der Waals surface area (Å²) in [4.78, 5) is 23.9. The molecule has 2 aromatic heterocycles. The van der Waals surface area contributed by atoms with Crippen molar-refractivity contribution in [2.75, 3.05) is 6.61 Å². The van der Waals surface area contributed by atoms with E-state index >= 15 is 0 Å². The number of carbonyl (C=O) groups excluding carboxylic acids is 2. The Labute approximate surface area is 156 Å². The van der Waals surface area contributed by atoms with E-state index in [1.165, 1.54) is 0 Å². The van der Waals surface area contributed by atoms with E-state index in [0.717, 1.165) is 22.2 Å². The molecule has 0 saturated carbocycles. The molecule has 1 N–H and O–H groups in total. The number of rotatable bonds is 7. The number of hydrogen-bond donors (Lipinski definition) is 1. The smallest absolute Gasteiger partial charge is 0.306 e. The summed E-state index contributed by atoms with van der Waals surface area (Å²) >= 11 is 0. The summed E-state index contributed by atoms with van der Waals surface area (Å²) in [7, 11) is 0. The number of para-hydroxylation sites is 1. The Hall–Kier alpha value is -3.09. The van der Waals surface area contributed by atoms with E-state index < -0.39 is 5.97 Å². The van der Waals surface area contributed by atoms with Gasteiger partial charge in [0.05, 0.1) is 11.7 Å². The molecule has 0 radical (unpaired) electrons. The van der Waals surface area contributed by atoms with Crippen LogP contribution in [0.3, 0.4) is 0 Å². The van der Waals surface area contributed by atoms with Crippen LogP contribution in [-0.2, 0) is 20.7 Å². The lowest BCUT2D eigenvalue weighted by Crippen LogP contribution is -2.31. The monoisotopic (exact) mass is 370 g/mol. The van der Waals surface area contributed by atoms with E-state index in [0.29, 0.717) is 17.9 Å². The average Bonchev–Trinajstić information content (AvgIpc) is 3.22. The van der Waals surface area contributed by atoms with E-state index in [1.54, 1.807) is 6.92 Å². The highest BCUT2D eigenvalue weighted by molar-refractivity contribution is 5.81. The van der Waals surface area contributed by atoms with E-state index in [1.807, 2.05) is 44.2 Å². The molecule has 27 heavy (non-hydrogen) atoms. The molecule has 1 amide bonds. The number of amides is 1. The number of nitrogens with zero attached hydrogens (tertiary/aromatic N) is 1. The maximum atomic E-state index is 12.0. The Kier molecular flexibility index (Phi) is 5.59. The van der Waals surface area contributed by atoms with Crippen molar-refractivity contribution in [2.24, 2.45) is 0 Å². The van der Waals surface area contributed by atoms with Crippen LogP contribution in [0.25, 0.3) is 11.0 Å². The minimum Gasteiger partial charge on any atom is -0.459 e. The molecule has 2 heterocycles. The second-order valence-corrected chi connectivity index (χ2v) is 6.44. The number of hydrogen-bond acceptors (Lipinski definition) is 6. The third kappa shape index (κ3) is 4.55.